The van der Waals surface area contributed by atoms with Crippen molar-refractivity contribution in [2.24, 2.45) is 0 Å². The van der Waals surface area contributed by atoms with Crippen LogP contribution in [0.1, 0.15) is 124 Å². The molecule has 634 valence electrons. The largest absolute Gasteiger partial charge is 0.477 e. The SMILES string of the molecule is C=C(C)C(=O)NCC(=O)N1CCN(c2cc3c(cc2F)c(=O)c(C(=O)O)cn3C2CC2)CC1.C=CC(=O)N1CCN(c2cc3c(cc2F)c(=O)c(C(=O)O)cn3C2CC2)CC1.C=CC(=O)N1CCN(c2cc3c(cc2F)c(=O)c(C(=O)O)cn3C2CC2)CC1.C=CC(=O)NCC(=O)N1CCN(c2cc3c(cc2F)c(=O)c(C(=O)O)cn3C2CC2)CC1. The molecule has 8 heterocycles. The highest BCUT2D eigenvalue weighted by molar-refractivity contribution is 5.99. The van der Waals surface area contributed by atoms with E-state index in [1.54, 1.807) is 78.9 Å². The molecule has 4 aromatic heterocycles. The van der Waals surface area contributed by atoms with Gasteiger partial charge in [-0.05, 0) is 125 Å². The number of pyridine rings is 4. The van der Waals surface area contributed by atoms with Crippen molar-refractivity contribution in [1.29, 1.82) is 0 Å². The summed E-state index contributed by atoms with van der Waals surface area (Å²) in [5, 5.41) is 42.6. The number of rotatable bonds is 20. The molecule has 6 N–H and O–H groups in total. The number of carboxylic acid groups (broad SMARTS) is 4. The first-order chi connectivity index (χ1) is 57.8. The summed E-state index contributed by atoms with van der Waals surface area (Å²) in [6.07, 6.45) is 16.1. The lowest BCUT2D eigenvalue weighted by Gasteiger charge is -2.36. The predicted molar refractivity (Wildman–Crippen MR) is 440 cm³/mol. The number of anilines is 4. The van der Waals surface area contributed by atoms with E-state index >= 15 is 4.39 Å². The van der Waals surface area contributed by atoms with E-state index in [0.717, 1.165) is 81.7 Å². The quantitative estimate of drug-likeness (QED) is 0.0343. The molecule has 8 aromatic rings. The average molecular weight is 1670 g/mol. The lowest BCUT2D eigenvalue weighted by Crippen LogP contribution is -2.51. The first-order valence-corrected chi connectivity index (χ1v) is 39.5. The van der Waals surface area contributed by atoms with Crippen molar-refractivity contribution < 1.29 is 85.9 Å². The molecular formula is C85H88F4N14O18. The van der Waals surface area contributed by atoms with E-state index in [2.05, 4.69) is 36.9 Å². The number of aromatic nitrogens is 4. The van der Waals surface area contributed by atoms with Gasteiger partial charge < -0.3 is 88.5 Å². The van der Waals surface area contributed by atoms with Crippen molar-refractivity contribution in [3.8, 4) is 0 Å². The van der Waals surface area contributed by atoms with Crippen LogP contribution in [0.3, 0.4) is 0 Å². The van der Waals surface area contributed by atoms with Gasteiger partial charge in [0.05, 0.1) is 57.9 Å². The first kappa shape index (κ1) is 85.2. The summed E-state index contributed by atoms with van der Waals surface area (Å²) in [5.41, 5.74) is -0.443. The maximum atomic E-state index is 15.0. The van der Waals surface area contributed by atoms with E-state index < -0.39 is 74.8 Å². The maximum Gasteiger partial charge on any atom is 0.341 e. The van der Waals surface area contributed by atoms with Gasteiger partial charge in [0.2, 0.25) is 57.2 Å². The second-order valence-electron chi connectivity index (χ2n) is 30.7. The molecule has 0 spiro atoms. The molecule has 121 heavy (non-hydrogen) atoms. The number of benzene rings is 4. The van der Waals surface area contributed by atoms with E-state index in [0.29, 0.717) is 155 Å². The number of carboxylic acids is 4. The smallest absolute Gasteiger partial charge is 0.341 e. The third-order valence-corrected chi connectivity index (χ3v) is 22.6. The van der Waals surface area contributed by atoms with Crippen LogP contribution >= 0.6 is 0 Å². The zero-order chi connectivity index (χ0) is 86.9. The molecule has 6 amide bonds. The molecule has 4 saturated carbocycles. The molecule has 8 aliphatic rings. The van der Waals surface area contributed by atoms with Crippen molar-refractivity contribution in [1.82, 2.24) is 48.5 Å². The van der Waals surface area contributed by atoms with Crippen LogP contribution in [0.15, 0.2) is 143 Å². The Bertz CT molecular complexity index is 5760. The summed E-state index contributed by atoms with van der Waals surface area (Å²) in [5.74, 6) is -9.23. The molecule has 36 heteroatoms. The fraction of sp³-hybridized carbons (Fsp3) is 0.365. The Morgan fingerprint density at radius 3 is 0.802 bits per heavy atom. The second-order valence-corrected chi connectivity index (χ2v) is 30.7. The van der Waals surface area contributed by atoms with E-state index in [9.17, 15) is 101 Å². The molecule has 16 rings (SSSR count). The number of nitrogens with one attached hydrogen (secondary N) is 2. The van der Waals surface area contributed by atoms with Crippen molar-refractivity contribution in [2.75, 3.05) is 137 Å². The van der Waals surface area contributed by atoms with Crippen LogP contribution in [0.5, 0.6) is 0 Å². The average Bonchev–Trinajstić information content (AvgIpc) is 1.51. The van der Waals surface area contributed by atoms with Gasteiger partial charge in [-0.2, -0.15) is 0 Å². The Balaban J connectivity index is 0.000000140. The Kier molecular flexibility index (Phi) is 25.0. The number of hydrogen-bond acceptors (Lipinski definition) is 18. The highest BCUT2D eigenvalue weighted by Crippen LogP contribution is 2.43. The number of piperazine rings is 4. The summed E-state index contributed by atoms with van der Waals surface area (Å²) >= 11 is 0. The number of hydrogen-bond donors (Lipinski definition) is 6. The Morgan fingerprint density at radius 2 is 0.595 bits per heavy atom. The normalized spacial score (nSPS) is 16.5. The molecule has 0 bridgehead atoms. The molecular weight excluding hydrogens is 1580 g/mol. The molecule has 32 nitrogen and oxygen atoms in total. The van der Waals surface area contributed by atoms with Crippen LogP contribution in [0.4, 0.5) is 40.3 Å². The molecule has 0 radical (unpaired) electrons. The number of carbonyl (C=O) groups excluding carboxylic acids is 6. The number of carbonyl (C=O) groups is 10. The van der Waals surface area contributed by atoms with Gasteiger partial charge in [-0.15, -0.1) is 0 Å². The Morgan fingerprint density at radius 1 is 0.364 bits per heavy atom. The Labute approximate surface area is 686 Å². The van der Waals surface area contributed by atoms with Crippen LogP contribution in [-0.4, -0.2) is 235 Å². The fourth-order valence-electron chi connectivity index (χ4n) is 15.4. The van der Waals surface area contributed by atoms with Crippen molar-refractivity contribution >= 4 is 126 Å². The standard InChI is InChI=1S/C23H25FN4O5.C22H23FN4O5.2C20H20FN3O4/c1-13(2)22(31)25-11-20(29)27-7-5-26(6-8-27)19-10-18-15(9-17(19)24)21(30)16(23(32)33)12-28(18)14-3-4-14;1-2-19(28)24-11-20(29)26-7-5-25(6-8-26)18-10-17-14(9-16(18)23)21(30)15(22(31)32)12-27(17)13-3-4-13;2*1-2-18(25)23-7-5-22(6-8-23)17-10-16-13(9-15(17)21)19(26)14(20(27)28)11-24(16)12-3-4-12/h9-10,12,14H,1,3-8,11H2,2H3,(H,25,31)(H,32,33);2,9-10,12-13H,1,3-8,11H2,(H,24,28)(H,31,32);2*2,9-12H,1,3-8H2,(H,27,28). The van der Waals surface area contributed by atoms with Gasteiger partial charge in [-0.3, -0.25) is 47.9 Å². The van der Waals surface area contributed by atoms with E-state index in [-0.39, 0.29) is 111 Å². The molecule has 4 saturated heterocycles. The second kappa shape index (κ2) is 35.5. The number of amides is 6. The summed E-state index contributed by atoms with van der Waals surface area (Å²) in [7, 11) is 0. The maximum absolute atomic E-state index is 15.0. The monoisotopic (exact) mass is 1670 g/mol. The molecule has 0 unspecified atom stereocenters. The zero-order valence-electron chi connectivity index (χ0n) is 66.1. The zero-order valence-corrected chi connectivity index (χ0v) is 66.1. The van der Waals surface area contributed by atoms with Crippen molar-refractivity contribution in [3.05, 3.63) is 210 Å². The number of aromatic carboxylic acids is 4. The lowest BCUT2D eigenvalue weighted by atomic mass is 10.1. The van der Waals surface area contributed by atoms with Crippen molar-refractivity contribution in [2.45, 2.75) is 82.5 Å². The predicted octanol–water partition coefficient (Wildman–Crippen LogP) is 6.66. The van der Waals surface area contributed by atoms with E-state index in [1.807, 2.05) is 9.80 Å². The first-order valence-electron chi connectivity index (χ1n) is 39.5. The van der Waals surface area contributed by atoms with Crippen LogP contribution in [0.2, 0.25) is 0 Å². The summed E-state index contributed by atoms with van der Waals surface area (Å²) in [6.45, 7) is 21.7. The minimum Gasteiger partial charge on any atom is -0.477 e. The van der Waals surface area contributed by atoms with Gasteiger partial charge in [0, 0.05) is 181 Å². The van der Waals surface area contributed by atoms with E-state index in [4.69, 9.17) is 0 Å². The third kappa shape index (κ3) is 18.5. The minimum atomic E-state index is -1.33. The summed E-state index contributed by atoms with van der Waals surface area (Å²) < 4.78 is 66.8. The van der Waals surface area contributed by atoms with Crippen LogP contribution in [0.25, 0.3) is 43.6 Å². The van der Waals surface area contributed by atoms with Gasteiger partial charge in [0.15, 0.2) is 0 Å². The Hall–Kier alpha value is -13.7. The topological polar surface area (TPSA) is 390 Å². The highest BCUT2D eigenvalue weighted by Gasteiger charge is 2.36. The van der Waals surface area contributed by atoms with Gasteiger partial charge in [-0.1, -0.05) is 26.3 Å². The fourth-order valence-corrected chi connectivity index (χ4v) is 15.4. The van der Waals surface area contributed by atoms with Crippen LogP contribution in [0, 0.1) is 23.3 Å². The molecule has 4 aromatic carbocycles. The third-order valence-electron chi connectivity index (χ3n) is 22.6. The molecule has 8 fully saturated rings. The summed E-state index contributed by atoms with van der Waals surface area (Å²) in [4.78, 5) is 181. The lowest BCUT2D eigenvalue weighted by molar-refractivity contribution is -0.132. The molecule has 4 aliphatic carbocycles. The van der Waals surface area contributed by atoms with E-state index in [1.165, 1.54) is 36.9 Å². The van der Waals surface area contributed by atoms with Crippen molar-refractivity contribution in [3.63, 3.8) is 0 Å². The van der Waals surface area contributed by atoms with Crippen LogP contribution in [-0.2, 0) is 28.8 Å². The van der Waals surface area contributed by atoms with Gasteiger partial charge >= 0.3 is 23.9 Å². The number of fused-ring (bicyclic) bond motifs is 4. The minimum absolute atomic E-state index is 0.0461. The van der Waals surface area contributed by atoms with Crippen LogP contribution < -0.4 is 51.9 Å². The van der Waals surface area contributed by atoms with Gasteiger partial charge in [-0.25, -0.2) is 36.7 Å². The molecule has 4 aliphatic heterocycles. The van der Waals surface area contributed by atoms with Gasteiger partial charge in [0.25, 0.3) is 0 Å². The summed E-state index contributed by atoms with van der Waals surface area (Å²) in [6, 6.07) is 11.4. The highest BCUT2D eigenvalue weighted by atomic mass is 19.1. The molecule has 0 atom stereocenters. The van der Waals surface area contributed by atoms with Gasteiger partial charge in [0.1, 0.15) is 45.5 Å². The number of halogens is 4. The number of nitrogens with zero attached hydrogens (tertiary/aromatic N) is 12.